The van der Waals surface area contributed by atoms with Gasteiger partial charge >= 0.3 is 0 Å². The smallest absolute Gasteiger partial charge is 0.278 e. The molecule has 0 amide bonds. The Kier molecular flexibility index (Phi) is 8.20. The van der Waals surface area contributed by atoms with Gasteiger partial charge in [0.05, 0.1) is 28.5 Å². The number of aryl methyl sites for hydroxylation is 2. The first kappa shape index (κ1) is 30.6. The molecule has 7 nitrogen and oxygen atoms in total. The summed E-state index contributed by atoms with van der Waals surface area (Å²) in [6.07, 6.45) is 6.57. The average molecular weight is 607 g/mol. The van der Waals surface area contributed by atoms with Gasteiger partial charge in [-0.3, -0.25) is 9.36 Å². The first-order valence-corrected chi connectivity index (χ1v) is 16.1. The first-order valence-electron chi connectivity index (χ1n) is 16.1. The molecule has 4 aliphatic rings. The number of nitriles is 1. The standard InChI is InChI=1S/C34H41F3N6O/c1-21-9-6-4-5-7-16-43-31-26(19-28(32(43)44)33(20-38)14-15-33)30(40-23(3)41-31)39-22(2)25-10-8-11-27(29(25)35)34(36,37)24-12-17-42(21)18-13-24/h8,10-11,19,21-22,24H,4-7,9,12-18H2,1-3H3,(H,39,40,41)/t21?,22-/m1/s1. The molecule has 5 heterocycles. The van der Waals surface area contributed by atoms with Crippen molar-refractivity contribution in [1.82, 2.24) is 19.4 Å². The molecule has 0 radical (unpaired) electrons. The Morgan fingerprint density at radius 3 is 2.43 bits per heavy atom. The lowest BCUT2D eigenvalue weighted by Gasteiger charge is -2.39. The summed E-state index contributed by atoms with van der Waals surface area (Å²) in [5.41, 5.74) is -0.590. The minimum absolute atomic E-state index is 0.118. The summed E-state index contributed by atoms with van der Waals surface area (Å²) in [5.74, 6) is -4.33. The molecule has 1 saturated carbocycles. The third kappa shape index (κ3) is 5.48. The number of piperidine rings is 1. The van der Waals surface area contributed by atoms with E-state index < -0.39 is 34.7 Å². The van der Waals surface area contributed by atoms with E-state index in [1.165, 1.54) is 18.2 Å². The predicted octanol–water partition coefficient (Wildman–Crippen LogP) is 7.12. The molecular formula is C34H41F3N6O. The van der Waals surface area contributed by atoms with Gasteiger partial charge in [-0.1, -0.05) is 37.5 Å². The van der Waals surface area contributed by atoms with Crippen molar-refractivity contribution >= 4 is 16.9 Å². The van der Waals surface area contributed by atoms with Gasteiger partial charge in [-0.25, -0.2) is 23.1 Å². The Labute approximate surface area is 256 Å². The number of aromatic nitrogens is 3. The summed E-state index contributed by atoms with van der Waals surface area (Å²) in [6.45, 7) is 7.22. The van der Waals surface area contributed by atoms with Crippen molar-refractivity contribution in [2.75, 3.05) is 18.4 Å². The molecule has 8 bridgehead atoms. The normalized spacial score (nSPS) is 26.8. The first-order chi connectivity index (χ1) is 21.1. The summed E-state index contributed by atoms with van der Waals surface area (Å²) in [7, 11) is 0. The molecule has 1 aromatic carbocycles. The number of alkyl halides is 2. The second kappa shape index (κ2) is 11.8. The molecule has 1 N–H and O–H groups in total. The predicted molar refractivity (Wildman–Crippen MR) is 164 cm³/mol. The fraction of sp³-hybridized carbons (Fsp3) is 0.588. The number of nitrogens with one attached hydrogen (secondary N) is 1. The second-order valence-corrected chi connectivity index (χ2v) is 13.1. The van der Waals surface area contributed by atoms with E-state index in [2.05, 4.69) is 33.2 Å². The van der Waals surface area contributed by atoms with Gasteiger partial charge in [-0.15, -0.1) is 0 Å². The molecule has 1 aliphatic carbocycles. The van der Waals surface area contributed by atoms with Gasteiger partial charge in [0.1, 0.15) is 23.1 Å². The van der Waals surface area contributed by atoms with Crippen LogP contribution in [0.2, 0.25) is 0 Å². The molecule has 1 saturated heterocycles. The molecule has 0 spiro atoms. The highest BCUT2D eigenvalue weighted by atomic mass is 19.3. The van der Waals surface area contributed by atoms with E-state index in [0.29, 0.717) is 73.6 Å². The van der Waals surface area contributed by atoms with Gasteiger partial charge < -0.3 is 10.2 Å². The van der Waals surface area contributed by atoms with E-state index in [4.69, 9.17) is 0 Å². The van der Waals surface area contributed by atoms with Crippen LogP contribution < -0.4 is 10.9 Å². The van der Waals surface area contributed by atoms with Gasteiger partial charge in [0, 0.05) is 29.6 Å². The average Bonchev–Trinajstić information content (AvgIpc) is 3.80. The summed E-state index contributed by atoms with van der Waals surface area (Å²) < 4.78 is 49.6. The maximum Gasteiger partial charge on any atom is 0.278 e. The van der Waals surface area contributed by atoms with Crippen molar-refractivity contribution < 1.29 is 13.2 Å². The third-order valence-corrected chi connectivity index (χ3v) is 10.2. The van der Waals surface area contributed by atoms with Crippen molar-refractivity contribution in [2.45, 2.75) is 109 Å². The molecule has 10 heteroatoms. The van der Waals surface area contributed by atoms with Crippen molar-refractivity contribution in [1.29, 1.82) is 5.26 Å². The van der Waals surface area contributed by atoms with Crippen molar-refractivity contribution in [3.8, 4) is 6.07 Å². The molecule has 44 heavy (non-hydrogen) atoms. The Bertz CT molecular complexity index is 1650. The Hall–Kier alpha value is -3.45. The van der Waals surface area contributed by atoms with Gasteiger partial charge in [0.15, 0.2) is 0 Å². The summed E-state index contributed by atoms with van der Waals surface area (Å²) >= 11 is 0. The SMILES string of the molecule is Cc1nc2c3cc(C4(C#N)CC4)c(=O)n(c3n1)CCCCCCC(C)N1CCC(CC1)C(F)(F)c1cccc(c1F)[C@@H](C)N2. The number of rotatable bonds is 1. The Morgan fingerprint density at radius 1 is 1.00 bits per heavy atom. The van der Waals surface area contributed by atoms with E-state index in [1.807, 2.05) is 0 Å². The van der Waals surface area contributed by atoms with Crippen LogP contribution in [0.3, 0.4) is 0 Å². The summed E-state index contributed by atoms with van der Waals surface area (Å²) in [4.78, 5) is 25.4. The van der Waals surface area contributed by atoms with Crippen LogP contribution in [-0.2, 0) is 17.9 Å². The lowest BCUT2D eigenvalue weighted by atomic mass is 9.84. The highest BCUT2D eigenvalue weighted by molar-refractivity contribution is 5.88. The molecule has 2 fully saturated rings. The molecule has 2 atom stereocenters. The van der Waals surface area contributed by atoms with Crippen molar-refractivity contribution in [3.05, 3.63) is 63.0 Å². The molecular weight excluding hydrogens is 565 g/mol. The number of anilines is 1. The maximum absolute atomic E-state index is 16.0. The highest BCUT2D eigenvalue weighted by Crippen LogP contribution is 2.47. The van der Waals surface area contributed by atoms with Crippen LogP contribution in [0.15, 0.2) is 29.1 Å². The third-order valence-electron chi connectivity index (χ3n) is 10.2. The Morgan fingerprint density at radius 2 is 1.73 bits per heavy atom. The van der Waals surface area contributed by atoms with Crippen molar-refractivity contribution in [3.63, 3.8) is 0 Å². The molecule has 3 aliphatic heterocycles. The largest absolute Gasteiger partial charge is 0.363 e. The number of halogens is 3. The maximum atomic E-state index is 16.0. The van der Waals surface area contributed by atoms with Gasteiger partial charge in [-0.05, 0) is 78.5 Å². The number of pyridine rings is 1. The number of hydrogen-bond donors (Lipinski definition) is 1. The highest BCUT2D eigenvalue weighted by Gasteiger charge is 2.48. The zero-order valence-electron chi connectivity index (χ0n) is 25.8. The van der Waals surface area contributed by atoms with Crippen LogP contribution in [0.5, 0.6) is 0 Å². The van der Waals surface area contributed by atoms with E-state index in [9.17, 15) is 10.1 Å². The zero-order valence-corrected chi connectivity index (χ0v) is 25.8. The molecule has 3 aromatic rings. The van der Waals surface area contributed by atoms with E-state index >= 15 is 13.2 Å². The van der Waals surface area contributed by atoms with Crippen LogP contribution in [0.4, 0.5) is 19.0 Å². The minimum atomic E-state index is -3.30. The quantitative estimate of drug-likeness (QED) is 0.317. The van der Waals surface area contributed by atoms with Crippen LogP contribution in [0.1, 0.15) is 100 Å². The second-order valence-electron chi connectivity index (χ2n) is 13.1. The number of nitrogens with zero attached hydrogens (tertiary/aromatic N) is 5. The molecule has 234 valence electrons. The monoisotopic (exact) mass is 606 g/mol. The minimum Gasteiger partial charge on any atom is -0.363 e. The van der Waals surface area contributed by atoms with E-state index in [-0.39, 0.29) is 17.2 Å². The fourth-order valence-electron chi connectivity index (χ4n) is 7.17. The van der Waals surface area contributed by atoms with Crippen LogP contribution >= 0.6 is 0 Å². The van der Waals surface area contributed by atoms with E-state index in [1.54, 1.807) is 24.5 Å². The lowest BCUT2D eigenvalue weighted by Crippen LogP contribution is -2.43. The van der Waals surface area contributed by atoms with E-state index in [0.717, 1.165) is 32.1 Å². The van der Waals surface area contributed by atoms with Crippen LogP contribution in [0, 0.1) is 30.0 Å². The number of benzene rings is 1. The van der Waals surface area contributed by atoms with Gasteiger partial charge in [0.25, 0.3) is 11.5 Å². The van der Waals surface area contributed by atoms with Crippen LogP contribution in [0.25, 0.3) is 11.0 Å². The molecule has 1 unspecified atom stereocenters. The Balaban J connectivity index is 1.46. The number of fused-ring (bicyclic) bond motifs is 9. The lowest BCUT2D eigenvalue weighted by molar-refractivity contribution is -0.0907. The summed E-state index contributed by atoms with van der Waals surface area (Å²) in [5, 5.41) is 13.8. The van der Waals surface area contributed by atoms with Gasteiger partial charge in [-0.2, -0.15) is 5.26 Å². The van der Waals surface area contributed by atoms with Crippen LogP contribution in [-0.4, -0.2) is 38.6 Å². The molecule has 2 aromatic heterocycles. The van der Waals surface area contributed by atoms with Crippen molar-refractivity contribution in [2.24, 2.45) is 5.92 Å². The fourth-order valence-corrected chi connectivity index (χ4v) is 7.17. The molecule has 7 rings (SSSR count). The number of hydrogen-bond acceptors (Lipinski definition) is 6. The summed E-state index contributed by atoms with van der Waals surface area (Å²) in [6, 6.07) is 7.87. The zero-order chi connectivity index (χ0) is 31.2. The van der Waals surface area contributed by atoms with Gasteiger partial charge in [0.2, 0.25) is 0 Å². The topological polar surface area (TPSA) is 86.8 Å².